The SMILES string of the molecule is CCCCCCCCCCCCCCCCSCC(C)C(=O)OCCC(COP(=O)([O-])O)[N+](C)(C)C. The van der Waals surface area contributed by atoms with E-state index in [1.54, 1.807) is 0 Å². The number of thioether (sulfide) groups is 1. The van der Waals surface area contributed by atoms with Gasteiger partial charge in [-0.05, 0) is 12.2 Å². The first-order valence-corrected chi connectivity index (χ1v) is 16.9. The molecule has 7 nitrogen and oxygen atoms in total. The van der Waals surface area contributed by atoms with Crippen LogP contribution in [0.4, 0.5) is 0 Å². The number of phosphoric ester groups is 1. The van der Waals surface area contributed by atoms with Crippen LogP contribution in [0.5, 0.6) is 0 Å². The molecule has 216 valence electrons. The average Bonchev–Trinajstić information content (AvgIpc) is 2.79. The van der Waals surface area contributed by atoms with E-state index in [9.17, 15) is 14.3 Å². The minimum atomic E-state index is -4.76. The normalized spacial score (nSPS) is 15.4. The molecule has 0 fully saturated rings. The minimum Gasteiger partial charge on any atom is -0.756 e. The third-order valence-corrected chi connectivity index (χ3v) is 8.42. The zero-order chi connectivity index (χ0) is 27.3. The number of esters is 1. The van der Waals surface area contributed by atoms with Crippen LogP contribution in [0.15, 0.2) is 0 Å². The molecule has 0 aliphatic heterocycles. The highest BCUT2D eigenvalue weighted by atomic mass is 32.2. The van der Waals surface area contributed by atoms with E-state index in [-0.39, 0.29) is 31.1 Å². The fraction of sp³-hybridized carbons (Fsp3) is 0.963. The number of unbranched alkanes of at least 4 members (excludes halogenated alkanes) is 13. The highest BCUT2D eigenvalue weighted by molar-refractivity contribution is 7.99. The Kier molecular flexibility index (Phi) is 21.7. The van der Waals surface area contributed by atoms with Crippen molar-refractivity contribution in [1.82, 2.24) is 0 Å². The summed E-state index contributed by atoms with van der Waals surface area (Å²) in [5.41, 5.74) is 0. The fourth-order valence-electron chi connectivity index (χ4n) is 4.04. The van der Waals surface area contributed by atoms with Gasteiger partial charge in [0.15, 0.2) is 0 Å². The molecule has 3 atom stereocenters. The van der Waals surface area contributed by atoms with E-state index in [1.165, 1.54) is 89.9 Å². The number of quaternary nitrogens is 1. The molecule has 1 N–H and O–H groups in total. The molecule has 0 heterocycles. The molecule has 0 saturated heterocycles. The van der Waals surface area contributed by atoms with E-state index in [1.807, 2.05) is 39.8 Å². The summed E-state index contributed by atoms with van der Waals surface area (Å²) in [6, 6.07) is -0.225. The summed E-state index contributed by atoms with van der Waals surface area (Å²) in [6.45, 7) is 4.21. The van der Waals surface area contributed by atoms with Gasteiger partial charge in [-0.25, -0.2) is 0 Å². The maximum Gasteiger partial charge on any atom is 0.309 e. The first-order valence-electron chi connectivity index (χ1n) is 14.2. The van der Waals surface area contributed by atoms with Crippen LogP contribution in [0.25, 0.3) is 0 Å². The van der Waals surface area contributed by atoms with Crippen molar-refractivity contribution in [1.29, 1.82) is 0 Å². The minimum absolute atomic E-state index is 0.150. The van der Waals surface area contributed by atoms with Gasteiger partial charge in [0.1, 0.15) is 12.6 Å². The summed E-state index contributed by atoms with van der Waals surface area (Å²) in [6.07, 6.45) is 19.5. The van der Waals surface area contributed by atoms with E-state index < -0.39 is 7.82 Å². The Morgan fingerprint density at radius 2 is 1.39 bits per heavy atom. The summed E-state index contributed by atoms with van der Waals surface area (Å²) in [5, 5.41) is 0. The molecular formula is C27H56NO6PS. The molecule has 0 spiro atoms. The molecule has 9 heteroatoms. The Balaban J connectivity index is 3.68. The molecule has 3 unspecified atom stereocenters. The highest BCUT2D eigenvalue weighted by Crippen LogP contribution is 2.31. The highest BCUT2D eigenvalue weighted by Gasteiger charge is 2.26. The number of carbonyl (C=O) groups is 1. The summed E-state index contributed by atoms with van der Waals surface area (Å²) in [7, 11) is 0.944. The van der Waals surface area contributed by atoms with Crippen LogP contribution in [-0.2, 0) is 18.6 Å². The maximum atomic E-state index is 12.3. The van der Waals surface area contributed by atoms with Gasteiger partial charge in [0, 0.05) is 12.2 Å². The van der Waals surface area contributed by atoms with Crippen LogP contribution in [0.2, 0.25) is 0 Å². The van der Waals surface area contributed by atoms with Crippen molar-refractivity contribution in [2.24, 2.45) is 5.92 Å². The summed E-state index contributed by atoms with van der Waals surface area (Å²) < 4.78 is 21.3. The van der Waals surface area contributed by atoms with Crippen molar-refractivity contribution < 1.29 is 32.9 Å². The van der Waals surface area contributed by atoms with Crippen molar-refractivity contribution in [2.45, 2.75) is 116 Å². The number of phosphoric acid groups is 1. The van der Waals surface area contributed by atoms with Crippen LogP contribution in [0.1, 0.15) is 110 Å². The average molecular weight is 554 g/mol. The van der Waals surface area contributed by atoms with E-state index in [0.29, 0.717) is 10.9 Å². The number of nitrogens with zero attached hydrogens (tertiary/aromatic N) is 1. The quantitative estimate of drug-likeness (QED) is 0.0611. The fourth-order valence-corrected chi connectivity index (χ4v) is 5.46. The molecule has 0 aliphatic rings. The largest absolute Gasteiger partial charge is 0.756 e. The van der Waals surface area contributed by atoms with Gasteiger partial charge in [0.05, 0.1) is 33.7 Å². The van der Waals surface area contributed by atoms with Gasteiger partial charge >= 0.3 is 5.97 Å². The lowest BCUT2D eigenvalue weighted by molar-refractivity contribution is -0.896. The lowest BCUT2D eigenvalue weighted by atomic mass is 10.0. The lowest BCUT2D eigenvalue weighted by Gasteiger charge is -2.34. The van der Waals surface area contributed by atoms with Crippen LogP contribution in [0.3, 0.4) is 0 Å². The van der Waals surface area contributed by atoms with Crippen molar-refractivity contribution in [2.75, 3.05) is 45.9 Å². The molecule has 0 amide bonds. The predicted octanol–water partition coefficient (Wildman–Crippen LogP) is 6.32. The van der Waals surface area contributed by atoms with Crippen LogP contribution >= 0.6 is 19.6 Å². The maximum absolute atomic E-state index is 12.3. The Morgan fingerprint density at radius 1 is 0.917 bits per heavy atom. The molecule has 0 bridgehead atoms. The summed E-state index contributed by atoms with van der Waals surface area (Å²) >= 11 is 1.81. The molecule has 0 saturated carbocycles. The van der Waals surface area contributed by atoms with Gasteiger partial charge in [-0.3, -0.25) is 9.36 Å². The van der Waals surface area contributed by atoms with Gasteiger partial charge in [0.2, 0.25) is 0 Å². The Morgan fingerprint density at radius 3 is 1.83 bits per heavy atom. The third kappa shape index (κ3) is 23.0. The van der Waals surface area contributed by atoms with E-state index >= 15 is 0 Å². The van der Waals surface area contributed by atoms with Crippen LogP contribution in [-0.4, -0.2) is 67.3 Å². The predicted molar refractivity (Wildman–Crippen MR) is 150 cm³/mol. The van der Waals surface area contributed by atoms with Gasteiger partial charge in [-0.2, -0.15) is 11.8 Å². The number of likely N-dealkylation sites (N-methyl/N-ethyl adjacent to an activating group) is 1. The van der Waals surface area contributed by atoms with Gasteiger partial charge in [-0.1, -0.05) is 97.3 Å². The molecule has 36 heavy (non-hydrogen) atoms. The molecule has 0 radical (unpaired) electrons. The van der Waals surface area contributed by atoms with Crippen LogP contribution in [0, 0.1) is 5.92 Å². The molecular weight excluding hydrogens is 497 g/mol. The van der Waals surface area contributed by atoms with Crippen LogP contribution < -0.4 is 4.89 Å². The zero-order valence-electron chi connectivity index (χ0n) is 23.9. The Bertz CT molecular complexity index is 581. The van der Waals surface area contributed by atoms with Gasteiger partial charge < -0.3 is 23.5 Å². The Labute approximate surface area is 226 Å². The molecule has 0 rings (SSSR count). The number of rotatable bonds is 25. The number of hydrogen-bond acceptors (Lipinski definition) is 6. The number of ether oxygens (including phenoxy) is 1. The summed E-state index contributed by atoms with van der Waals surface area (Å²) in [5.74, 6) is 1.44. The van der Waals surface area contributed by atoms with Crippen molar-refractivity contribution in [3.05, 3.63) is 0 Å². The van der Waals surface area contributed by atoms with Gasteiger partial charge in [0.25, 0.3) is 7.82 Å². The number of carbonyl (C=O) groups excluding carboxylic acids is 1. The second-order valence-corrected chi connectivity index (χ2v) is 13.4. The first kappa shape index (κ1) is 35.9. The standard InChI is InChI=1S/C27H56NO6PS/c1-6-7-8-9-10-11-12-13-14-15-16-17-18-19-22-36-24-25(2)27(29)33-21-20-26(28(3,4)5)23-34-35(30,31)32/h25-26H,6-24H2,1-5H3,(H-,30,31,32). The van der Waals surface area contributed by atoms with E-state index in [4.69, 9.17) is 9.63 Å². The van der Waals surface area contributed by atoms with Crippen molar-refractivity contribution in [3.63, 3.8) is 0 Å². The molecule has 0 aliphatic carbocycles. The molecule has 0 aromatic carbocycles. The second-order valence-electron chi connectivity index (χ2n) is 11.1. The van der Waals surface area contributed by atoms with Crippen molar-refractivity contribution in [3.8, 4) is 0 Å². The lowest BCUT2D eigenvalue weighted by Crippen LogP contribution is -2.48. The smallest absolute Gasteiger partial charge is 0.309 e. The molecule has 0 aromatic rings. The van der Waals surface area contributed by atoms with Crippen molar-refractivity contribution >= 4 is 25.6 Å². The van der Waals surface area contributed by atoms with E-state index in [0.717, 1.165) is 11.5 Å². The van der Waals surface area contributed by atoms with Gasteiger partial charge in [-0.15, -0.1) is 0 Å². The zero-order valence-corrected chi connectivity index (χ0v) is 25.6. The first-order chi connectivity index (χ1) is 17.0. The molecule has 0 aromatic heterocycles. The number of hydrogen-bond donors (Lipinski definition) is 1. The third-order valence-electron chi connectivity index (χ3n) is 6.63. The van der Waals surface area contributed by atoms with E-state index in [2.05, 4.69) is 11.4 Å². The summed E-state index contributed by atoms with van der Waals surface area (Å²) in [4.78, 5) is 32.0. The Hall–Kier alpha value is -0.110. The topological polar surface area (TPSA) is 95.9 Å². The second kappa shape index (κ2) is 21.8. The monoisotopic (exact) mass is 553 g/mol.